The van der Waals surface area contributed by atoms with Crippen molar-refractivity contribution in [2.45, 2.75) is 26.2 Å². The summed E-state index contributed by atoms with van der Waals surface area (Å²) in [6.07, 6.45) is 12.8. The zero-order valence-corrected chi connectivity index (χ0v) is 10.2. The van der Waals surface area contributed by atoms with Crippen molar-refractivity contribution < 1.29 is 0 Å². The summed E-state index contributed by atoms with van der Waals surface area (Å²) in [6, 6.07) is 0. The second-order valence-corrected chi connectivity index (χ2v) is 4.46. The van der Waals surface area contributed by atoms with Crippen molar-refractivity contribution in [1.82, 2.24) is 10.2 Å². The van der Waals surface area contributed by atoms with E-state index in [4.69, 9.17) is 0 Å². The molecular formula is C14H22N2. The first-order valence-electron chi connectivity index (χ1n) is 6.43. The van der Waals surface area contributed by atoms with Crippen LogP contribution in [0.1, 0.15) is 26.2 Å². The molecule has 0 unspecified atom stereocenters. The molecule has 0 spiro atoms. The lowest BCUT2D eigenvalue weighted by Crippen LogP contribution is -2.42. The van der Waals surface area contributed by atoms with Crippen LogP contribution in [-0.2, 0) is 0 Å². The Balaban J connectivity index is 1.97. The lowest BCUT2D eigenvalue weighted by atomic mass is 10.1. The molecule has 1 fully saturated rings. The molecule has 0 aromatic carbocycles. The fraction of sp³-hybridized carbons (Fsp3) is 0.571. The van der Waals surface area contributed by atoms with Gasteiger partial charge in [-0.2, -0.15) is 0 Å². The maximum Gasteiger partial charge on any atom is 0.0329 e. The lowest BCUT2D eigenvalue weighted by molar-refractivity contribution is 0.307. The summed E-state index contributed by atoms with van der Waals surface area (Å²) < 4.78 is 0. The molecule has 0 radical (unpaired) electrons. The standard InChI is InChI=1S/C14H22N2/c1-2-4-13-5-3-6-14(8-7-13)16-11-9-15-10-12-16/h5-8,15H,2-4,9-12H2,1H3. The maximum absolute atomic E-state index is 3.39. The number of nitrogens with zero attached hydrogens (tertiary/aromatic N) is 1. The quantitative estimate of drug-likeness (QED) is 0.783. The first kappa shape index (κ1) is 11.5. The van der Waals surface area contributed by atoms with E-state index in [0.29, 0.717) is 0 Å². The van der Waals surface area contributed by atoms with E-state index in [0.717, 1.165) is 32.6 Å². The van der Waals surface area contributed by atoms with E-state index in [1.807, 2.05) is 0 Å². The zero-order valence-electron chi connectivity index (χ0n) is 10.2. The second-order valence-electron chi connectivity index (χ2n) is 4.46. The Morgan fingerprint density at radius 1 is 1.19 bits per heavy atom. The van der Waals surface area contributed by atoms with Gasteiger partial charge in [0.15, 0.2) is 0 Å². The average Bonchev–Trinajstić information content (AvgIpc) is 2.57. The summed E-state index contributed by atoms with van der Waals surface area (Å²) in [7, 11) is 0. The van der Waals surface area contributed by atoms with E-state index >= 15 is 0 Å². The SMILES string of the molecule is CCCC1=CCC=C(N2CCNCC2)C=C1. The van der Waals surface area contributed by atoms with E-state index in [1.54, 1.807) is 0 Å². The van der Waals surface area contributed by atoms with Crippen LogP contribution in [0.2, 0.25) is 0 Å². The molecule has 2 aliphatic rings. The number of hydrogen-bond acceptors (Lipinski definition) is 2. The minimum atomic E-state index is 1.08. The van der Waals surface area contributed by atoms with E-state index in [-0.39, 0.29) is 0 Å². The molecule has 88 valence electrons. The summed E-state index contributed by atoms with van der Waals surface area (Å²) in [5.41, 5.74) is 2.90. The van der Waals surface area contributed by atoms with Crippen LogP contribution >= 0.6 is 0 Å². The molecule has 2 rings (SSSR count). The minimum absolute atomic E-state index is 1.08. The van der Waals surface area contributed by atoms with Gasteiger partial charge in [-0.05, 0) is 18.9 Å². The van der Waals surface area contributed by atoms with Gasteiger partial charge in [-0.25, -0.2) is 0 Å². The van der Waals surface area contributed by atoms with Crippen LogP contribution in [0.15, 0.2) is 35.6 Å². The molecule has 0 bridgehead atoms. The van der Waals surface area contributed by atoms with Crippen molar-refractivity contribution in [1.29, 1.82) is 0 Å². The average molecular weight is 218 g/mol. The predicted octanol–water partition coefficient (Wildman–Crippen LogP) is 2.46. The minimum Gasteiger partial charge on any atom is -0.369 e. The maximum atomic E-state index is 3.39. The molecule has 1 aliphatic carbocycles. The third-order valence-electron chi connectivity index (χ3n) is 3.20. The third kappa shape index (κ3) is 2.99. The van der Waals surface area contributed by atoms with E-state index < -0.39 is 0 Å². The summed E-state index contributed by atoms with van der Waals surface area (Å²) in [6.45, 7) is 6.74. The molecule has 1 saturated heterocycles. The van der Waals surface area contributed by atoms with Gasteiger partial charge in [-0.15, -0.1) is 0 Å². The van der Waals surface area contributed by atoms with Gasteiger partial charge in [0.25, 0.3) is 0 Å². The third-order valence-corrected chi connectivity index (χ3v) is 3.20. The van der Waals surface area contributed by atoms with Crippen LogP contribution < -0.4 is 5.32 Å². The van der Waals surface area contributed by atoms with Gasteiger partial charge >= 0.3 is 0 Å². The molecule has 2 nitrogen and oxygen atoms in total. The largest absolute Gasteiger partial charge is 0.369 e. The molecule has 0 aromatic rings. The fourth-order valence-corrected chi connectivity index (χ4v) is 2.29. The highest BCUT2D eigenvalue weighted by Crippen LogP contribution is 2.17. The van der Waals surface area contributed by atoms with Crippen LogP contribution in [0, 0.1) is 0 Å². The summed E-state index contributed by atoms with van der Waals surface area (Å²) in [5.74, 6) is 0. The zero-order chi connectivity index (χ0) is 11.2. The van der Waals surface area contributed by atoms with Crippen LogP contribution in [0.4, 0.5) is 0 Å². The molecule has 1 aliphatic heterocycles. The van der Waals surface area contributed by atoms with E-state index in [1.165, 1.54) is 24.1 Å². The molecule has 2 heteroatoms. The summed E-state index contributed by atoms with van der Waals surface area (Å²) in [5, 5.41) is 3.39. The predicted molar refractivity (Wildman–Crippen MR) is 69.3 cm³/mol. The Morgan fingerprint density at radius 3 is 2.75 bits per heavy atom. The first-order valence-corrected chi connectivity index (χ1v) is 6.43. The Hall–Kier alpha value is -1.02. The van der Waals surface area contributed by atoms with Gasteiger partial charge in [0.2, 0.25) is 0 Å². The van der Waals surface area contributed by atoms with Crippen molar-refractivity contribution in [3.8, 4) is 0 Å². The molecule has 1 heterocycles. The number of nitrogens with one attached hydrogen (secondary N) is 1. The van der Waals surface area contributed by atoms with E-state index in [9.17, 15) is 0 Å². The molecule has 16 heavy (non-hydrogen) atoms. The first-order chi connectivity index (χ1) is 7.90. The van der Waals surface area contributed by atoms with Gasteiger partial charge in [-0.3, -0.25) is 0 Å². The van der Waals surface area contributed by atoms with Gasteiger partial charge in [-0.1, -0.05) is 37.1 Å². The van der Waals surface area contributed by atoms with Crippen molar-refractivity contribution in [2.75, 3.05) is 26.2 Å². The highest BCUT2D eigenvalue weighted by Gasteiger charge is 2.11. The number of rotatable bonds is 3. The molecule has 1 N–H and O–H groups in total. The number of allylic oxidation sites excluding steroid dienone is 5. The van der Waals surface area contributed by atoms with Crippen LogP contribution in [0.25, 0.3) is 0 Å². The second kappa shape index (κ2) is 5.90. The van der Waals surface area contributed by atoms with Gasteiger partial charge < -0.3 is 10.2 Å². The summed E-state index contributed by atoms with van der Waals surface area (Å²) >= 11 is 0. The van der Waals surface area contributed by atoms with Gasteiger partial charge in [0.1, 0.15) is 0 Å². The van der Waals surface area contributed by atoms with Crippen LogP contribution in [-0.4, -0.2) is 31.1 Å². The van der Waals surface area contributed by atoms with Crippen molar-refractivity contribution in [3.05, 3.63) is 35.6 Å². The topological polar surface area (TPSA) is 15.3 Å². The van der Waals surface area contributed by atoms with Gasteiger partial charge in [0.05, 0.1) is 0 Å². The summed E-state index contributed by atoms with van der Waals surface area (Å²) in [4.78, 5) is 2.48. The fourth-order valence-electron chi connectivity index (χ4n) is 2.29. The molecule has 0 aromatic heterocycles. The van der Waals surface area contributed by atoms with Gasteiger partial charge in [0, 0.05) is 31.9 Å². The Labute approximate surface area is 98.7 Å². The number of piperazine rings is 1. The molecular weight excluding hydrogens is 196 g/mol. The normalized spacial score (nSPS) is 21.4. The lowest BCUT2D eigenvalue weighted by Gasteiger charge is -2.30. The monoisotopic (exact) mass is 218 g/mol. The Morgan fingerprint density at radius 2 is 2.00 bits per heavy atom. The molecule has 0 saturated carbocycles. The Kier molecular flexibility index (Phi) is 4.23. The Bertz CT molecular complexity index is 307. The highest BCUT2D eigenvalue weighted by molar-refractivity contribution is 5.31. The molecule has 0 amide bonds. The van der Waals surface area contributed by atoms with Crippen molar-refractivity contribution in [3.63, 3.8) is 0 Å². The highest BCUT2D eigenvalue weighted by atomic mass is 15.2. The molecule has 0 atom stereocenters. The smallest absolute Gasteiger partial charge is 0.0329 e. The van der Waals surface area contributed by atoms with Crippen molar-refractivity contribution >= 4 is 0 Å². The van der Waals surface area contributed by atoms with Crippen LogP contribution in [0.3, 0.4) is 0 Å². The van der Waals surface area contributed by atoms with Crippen LogP contribution in [0.5, 0.6) is 0 Å². The van der Waals surface area contributed by atoms with Crippen molar-refractivity contribution in [2.24, 2.45) is 0 Å². The van der Waals surface area contributed by atoms with E-state index in [2.05, 4.69) is 41.4 Å². The number of hydrogen-bond donors (Lipinski definition) is 1.